The Morgan fingerprint density at radius 3 is 2.39 bits per heavy atom. The molecule has 0 aromatic heterocycles. The van der Waals surface area contributed by atoms with E-state index >= 15 is 0 Å². The second-order valence-electron chi connectivity index (χ2n) is 3.37. The monoisotopic (exact) mass is 318 g/mol. The van der Waals surface area contributed by atoms with Crippen molar-refractivity contribution >= 4 is 21.8 Å². The van der Waals surface area contributed by atoms with E-state index in [2.05, 4.69) is 20.9 Å². The zero-order valence-corrected chi connectivity index (χ0v) is 12.5. The largest absolute Gasteiger partial charge is 0.400 e. The zero-order valence-electron chi connectivity index (χ0n) is 11.0. The molecule has 1 fully saturated rings. The van der Waals surface area contributed by atoms with Gasteiger partial charge in [-0.05, 0) is 31.0 Å². The predicted molar refractivity (Wildman–Crippen MR) is 77.3 cm³/mol. The minimum Gasteiger partial charge on any atom is -0.400 e. The molecule has 0 radical (unpaired) electrons. The molecule has 0 amide bonds. The number of nitrogens with zero attached hydrogens (tertiary/aromatic N) is 1. The van der Waals surface area contributed by atoms with E-state index in [0.717, 1.165) is 20.0 Å². The third kappa shape index (κ3) is 5.60. The highest BCUT2D eigenvalue weighted by Crippen LogP contribution is 2.24. The van der Waals surface area contributed by atoms with Crippen molar-refractivity contribution in [2.24, 2.45) is 10.7 Å². The number of aliphatic hydroxyl groups excluding tert-OH is 1. The second kappa shape index (κ2) is 9.05. The molecule has 3 N–H and O–H groups in total. The number of amidine groups is 1. The van der Waals surface area contributed by atoms with Gasteiger partial charge in [0.15, 0.2) is 0 Å². The minimum atomic E-state index is -0.332. The van der Waals surface area contributed by atoms with E-state index in [4.69, 9.17) is 10.8 Å². The second-order valence-corrected chi connectivity index (χ2v) is 4.29. The molecule has 102 valence electrons. The van der Waals surface area contributed by atoms with E-state index < -0.39 is 0 Å². The first kappa shape index (κ1) is 17.1. The highest BCUT2D eigenvalue weighted by molar-refractivity contribution is 9.10. The highest BCUT2D eigenvalue weighted by Gasteiger charge is 2.21. The Morgan fingerprint density at radius 2 is 1.94 bits per heavy atom. The molecular formula is C13H20BrFN2O. The molecule has 1 aromatic rings. The molecule has 0 spiro atoms. The van der Waals surface area contributed by atoms with E-state index in [1.807, 2.05) is 13.8 Å². The van der Waals surface area contributed by atoms with Gasteiger partial charge in [0.1, 0.15) is 11.7 Å². The van der Waals surface area contributed by atoms with Crippen LogP contribution in [-0.4, -0.2) is 24.1 Å². The van der Waals surface area contributed by atoms with Crippen LogP contribution in [0.5, 0.6) is 0 Å². The standard InChI is InChI=1S/C10H10BrFN2.C2H6.CH4O/c11-6-1-4-8(9(12)5-6)10(13)14-7-2-3-7;2*1-2/h1,4-5,7H,2-3H2,(H2,13,14);1-2H3;2H,1H3. The fourth-order valence-electron chi connectivity index (χ4n) is 1.17. The van der Waals surface area contributed by atoms with Gasteiger partial charge in [-0.25, -0.2) is 4.39 Å². The summed E-state index contributed by atoms with van der Waals surface area (Å²) in [6.07, 6.45) is 2.14. The first-order valence-electron chi connectivity index (χ1n) is 5.90. The molecule has 0 atom stereocenters. The van der Waals surface area contributed by atoms with Crippen molar-refractivity contribution in [2.75, 3.05) is 7.11 Å². The first-order valence-corrected chi connectivity index (χ1v) is 6.69. The number of hydrogen-bond donors (Lipinski definition) is 2. The van der Waals surface area contributed by atoms with Crippen LogP contribution in [0.3, 0.4) is 0 Å². The van der Waals surface area contributed by atoms with Crippen molar-refractivity contribution in [1.29, 1.82) is 0 Å². The van der Waals surface area contributed by atoms with Gasteiger partial charge in [0.2, 0.25) is 0 Å². The number of aliphatic imine (C=N–C) groups is 1. The van der Waals surface area contributed by atoms with Gasteiger partial charge in [0, 0.05) is 11.6 Å². The Labute approximate surface area is 116 Å². The van der Waals surface area contributed by atoms with Crippen LogP contribution in [0.25, 0.3) is 0 Å². The lowest BCUT2D eigenvalue weighted by Gasteiger charge is -2.02. The smallest absolute Gasteiger partial charge is 0.135 e. The van der Waals surface area contributed by atoms with Crippen molar-refractivity contribution in [3.8, 4) is 0 Å². The molecule has 0 bridgehead atoms. The molecule has 5 heteroatoms. The van der Waals surface area contributed by atoms with Crippen molar-refractivity contribution in [2.45, 2.75) is 32.7 Å². The van der Waals surface area contributed by atoms with Crippen molar-refractivity contribution in [3.05, 3.63) is 34.1 Å². The van der Waals surface area contributed by atoms with Crippen LogP contribution in [0.1, 0.15) is 32.3 Å². The average Bonchev–Trinajstić information content (AvgIpc) is 3.18. The summed E-state index contributed by atoms with van der Waals surface area (Å²) in [5.41, 5.74) is 6.07. The van der Waals surface area contributed by atoms with Crippen LogP contribution in [0.15, 0.2) is 27.7 Å². The Kier molecular flexibility index (Phi) is 8.58. The van der Waals surface area contributed by atoms with Crippen LogP contribution >= 0.6 is 15.9 Å². The van der Waals surface area contributed by atoms with Gasteiger partial charge >= 0.3 is 0 Å². The third-order valence-corrected chi connectivity index (χ3v) is 2.57. The van der Waals surface area contributed by atoms with Gasteiger partial charge < -0.3 is 10.8 Å². The molecule has 1 saturated carbocycles. The van der Waals surface area contributed by atoms with Gasteiger partial charge in [-0.2, -0.15) is 0 Å². The van der Waals surface area contributed by atoms with Gasteiger partial charge in [0.25, 0.3) is 0 Å². The van der Waals surface area contributed by atoms with E-state index in [1.165, 1.54) is 6.07 Å². The van der Waals surface area contributed by atoms with Crippen molar-refractivity contribution in [1.82, 2.24) is 0 Å². The van der Waals surface area contributed by atoms with Crippen LogP contribution in [0.4, 0.5) is 4.39 Å². The van der Waals surface area contributed by atoms with Gasteiger partial charge in [-0.1, -0.05) is 29.8 Å². The summed E-state index contributed by atoms with van der Waals surface area (Å²) >= 11 is 3.19. The minimum absolute atomic E-state index is 0.303. The lowest BCUT2D eigenvalue weighted by Crippen LogP contribution is -2.16. The SMILES string of the molecule is CC.CO.NC(=NC1CC1)c1ccc(Br)cc1F. The topological polar surface area (TPSA) is 58.6 Å². The molecule has 0 aliphatic heterocycles. The number of benzene rings is 1. The average molecular weight is 319 g/mol. The molecule has 3 nitrogen and oxygen atoms in total. The fourth-order valence-corrected chi connectivity index (χ4v) is 1.50. The summed E-state index contributed by atoms with van der Waals surface area (Å²) in [5, 5.41) is 7.00. The first-order chi connectivity index (χ1) is 8.66. The normalized spacial score (nSPS) is 14.0. The molecular weight excluding hydrogens is 299 g/mol. The Bertz CT molecular complexity index is 393. The third-order valence-electron chi connectivity index (χ3n) is 2.08. The molecule has 0 heterocycles. The summed E-state index contributed by atoms with van der Waals surface area (Å²) in [5.74, 6) is -0.0289. The number of nitrogens with two attached hydrogens (primary N) is 1. The van der Waals surface area contributed by atoms with E-state index in [9.17, 15) is 4.39 Å². The molecule has 1 aliphatic rings. The molecule has 0 saturated heterocycles. The van der Waals surface area contributed by atoms with Crippen LogP contribution in [0.2, 0.25) is 0 Å². The Hall–Kier alpha value is -0.940. The Balaban J connectivity index is 0.000000659. The fraction of sp³-hybridized carbons (Fsp3) is 0.462. The number of aliphatic hydroxyl groups is 1. The summed E-state index contributed by atoms with van der Waals surface area (Å²) in [6, 6.07) is 5.11. The predicted octanol–water partition coefficient (Wildman–Crippen LogP) is 3.09. The molecule has 18 heavy (non-hydrogen) atoms. The lowest BCUT2D eigenvalue weighted by atomic mass is 10.2. The quantitative estimate of drug-likeness (QED) is 0.650. The number of hydrogen-bond acceptors (Lipinski definition) is 2. The Morgan fingerprint density at radius 1 is 1.39 bits per heavy atom. The maximum absolute atomic E-state index is 13.4. The van der Waals surface area contributed by atoms with Crippen LogP contribution < -0.4 is 5.73 Å². The number of rotatable bonds is 2. The summed E-state index contributed by atoms with van der Waals surface area (Å²) < 4.78 is 14.1. The maximum Gasteiger partial charge on any atom is 0.135 e. The number of halogens is 2. The molecule has 2 rings (SSSR count). The van der Waals surface area contributed by atoms with E-state index in [-0.39, 0.29) is 5.82 Å². The van der Waals surface area contributed by atoms with Gasteiger partial charge in [-0.15, -0.1) is 0 Å². The summed E-state index contributed by atoms with van der Waals surface area (Å²) in [7, 11) is 1.00. The highest BCUT2D eigenvalue weighted by atomic mass is 79.9. The summed E-state index contributed by atoms with van der Waals surface area (Å²) in [6.45, 7) is 4.00. The van der Waals surface area contributed by atoms with Crippen LogP contribution in [-0.2, 0) is 0 Å². The van der Waals surface area contributed by atoms with E-state index in [0.29, 0.717) is 21.9 Å². The van der Waals surface area contributed by atoms with Gasteiger partial charge in [0.05, 0.1) is 11.6 Å². The summed E-state index contributed by atoms with van der Waals surface area (Å²) in [4.78, 5) is 4.19. The molecule has 1 aliphatic carbocycles. The van der Waals surface area contributed by atoms with Crippen LogP contribution in [0, 0.1) is 5.82 Å². The van der Waals surface area contributed by atoms with Crippen molar-refractivity contribution in [3.63, 3.8) is 0 Å². The van der Waals surface area contributed by atoms with E-state index in [1.54, 1.807) is 12.1 Å². The van der Waals surface area contributed by atoms with Crippen molar-refractivity contribution < 1.29 is 9.50 Å². The lowest BCUT2D eigenvalue weighted by molar-refractivity contribution is 0.399. The molecule has 0 unspecified atom stereocenters. The van der Waals surface area contributed by atoms with Gasteiger partial charge in [-0.3, -0.25) is 4.99 Å². The molecule has 1 aromatic carbocycles. The maximum atomic E-state index is 13.4. The zero-order chi connectivity index (χ0) is 14.1.